The number of carbonyl (C=O) groups is 1. The first-order chi connectivity index (χ1) is 17.9. The number of carbonyl (C=O) groups excluding carboxylic acids is 1. The molecule has 0 saturated carbocycles. The fraction of sp³-hybridized carbons (Fsp3) is 0.179. The Hall–Kier alpha value is -4.53. The van der Waals surface area contributed by atoms with E-state index in [0.29, 0.717) is 22.9 Å². The van der Waals surface area contributed by atoms with Gasteiger partial charge in [-0.05, 0) is 43.3 Å². The van der Waals surface area contributed by atoms with Crippen LogP contribution < -0.4 is 14.8 Å². The third-order valence-corrected chi connectivity index (χ3v) is 6.18. The topological polar surface area (TPSA) is 76.6 Å². The molecular weight excluding hydrogens is 478 g/mol. The van der Waals surface area contributed by atoms with Crippen molar-refractivity contribution in [3.05, 3.63) is 94.7 Å². The highest BCUT2D eigenvalue weighted by molar-refractivity contribution is 6.03. The summed E-state index contributed by atoms with van der Waals surface area (Å²) in [5.74, 6) is -0.634. The molecule has 9 heteroatoms. The van der Waals surface area contributed by atoms with Gasteiger partial charge in [0.25, 0.3) is 5.91 Å². The zero-order valence-electron chi connectivity index (χ0n) is 20.5. The van der Waals surface area contributed by atoms with Crippen LogP contribution in [-0.4, -0.2) is 35.0 Å². The Kier molecular flexibility index (Phi) is 6.43. The number of halogens is 2. The molecule has 7 nitrogen and oxygen atoms in total. The van der Waals surface area contributed by atoms with Gasteiger partial charge in [0.1, 0.15) is 34.5 Å². The van der Waals surface area contributed by atoms with Gasteiger partial charge in [-0.25, -0.2) is 18.7 Å². The summed E-state index contributed by atoms with van der Waals surface area (Å²) in [7, 11) is 3.11. The predicted molar refractivity (Wildman–Crippen MR) is 135 cm³/mol. The van der Waals surface area contributed by atoms with Crippen LogP contribution in [0.3, 0.4) is 0 Å². The van der Waals surface area contributed by atoms with E-state index in [2.05, 4.69) is 15.3 Å². The zero-order valence-corrected chi connectivity index (χ0v) is 20.5. The van der Waals surface area contributed by atoms with E-state index in [1.807, 2.05) is 37.3 Å². The maximum Gasteiger partial charge on any atom is 0.260 e. The van der Waals surface area contributed by atoms with Crippen molar-refractivity contribution in [2.24, 2.45) is 0 Å². The standard InChI is InChI=1S/C28H24F2N4O3/c1-16-7-10-18(11-8-16)31-27-25-22(32-26(33-27)24-20(29)5-4-6-21(24)30)15-34(28(25)35)14-17-9-12-19(36-2)13-23(17)37-3/h4-13H,14-15H2,1-3H3,(H,31,32,33). The molecule has 2 heterocycles. The molecule has 0 saturated heterocycles. The highest BCUT2D eigenvalue weighted by atomic mass is 19.1. The summed E-state index contributed by atoms with van der Waals surface area (Å²) < 4.78 is 40.0. The van der Waals surface area contributed by atoms with Gasteiger partial charge in [-0.2, -0.15) is 0 Å². The summed E-state index contributed by atoms with van der Waals surface area (Å²) in [6.07, 6.45) is 0. The first-order valence-electron chi connectivity index (χ1n) is 11.6. The minimum absolute atomic E-state index is 0.136. The van der Waals surface area contributed by atoms with E-state index in [9.17, 15) is 13.6 Å². The van der Waals surface area contributed by atoms with Crippen LogP contribution in [0.15, 0.2) is 60.7 Å². The van der Waals surface area contributed by atoms with Gasteiger partial charge in [-0.3, -0.25) is 4.79 Å². The summed E-state index contributed by atoms with van der Waals surface area (Å²) in [6, 6.07) is 16.4. The molecule has 188 valence electrons. The highest BCUT2D eigenvalue weighted by Crippen LogP contribution is 2.35. The van der Waals surface area contributed by atoms with E-state index in [1.54, 1.807) is 31.3 Å². The third kappa shape index (κ3) is 4.67. The molecule has 1 amide bonds. The monoisotopic (exact) mass is 502 g/mol. The Morgan fingerprint density at radius 2 is 1.68 bits per heavy atom. The Morgan fingerprint density at radius 1 is 0.946 bits per heavy atom. The number of aromatic nitrogens is 2. The first kappa shape index (κ1) is 24.2. The van der Waals surface area contributed by atoms with Crippen molar-refractivity contribution in [2.75, 3.05) is 19.5 Å². The van der Waals surface area contributed by atoms with Crippen molar-refractivity contribution in [1.82, 2.24) is 14.9 Å². The van der Waals surface area contributed by atoms with Crippen LogP contribution in [0.25, 0.3) is 11.4 Å². The van der Waals surface area contributed by atoms with E-state index < -0.39 is 11.6 Å². The number of ether oxygens (including phenoxy) is 2. The molecule has 1 aliphatic rings. The fourth-order valence-electron chi connectivity index (χ4n) is 4.26. The van der Waals surface area contributed by atoms with Crippen molar-refractivity contribution >= 4 is 17.4 Å². The number of hydrogen-bond donors (Lipinski definition) is 1. The van der Waals surface area contributed by atoms with Crippen molar-refractivity contribution in [2.45, 2.75) is 20.0 Å². The lowest BCUT2D eigenvalue weighted by Crippen LogP contribution is -2.24. The largest absolute Gasteiger partial charge is 0.497 e. The second-order valence-electron chi connectivity index (χ2n) is 8.64. The summed E-state index contributed by atoms with van der Waals surface area (Å²) in [4.78, 5) is 24.0. The Labute approximate surface area is 212 Å². The van der Waals surface area contributed by atoms with Gasteiger partial charge in [0.2, 0.25) is 0 Å². The fourth-order valence-corrected chi connectivity index (χ4v) is 4.26. The molecule has 5 rings (SSSR count). The SMILES string of the molecule is COc1ccc(CN2Cc3nc(-c4c(F)cccc4F)nc(Nc4ccc(C)cc4)c3C2=O)c(OC)c1. The van der Waals surface area contributed by atoms with E-state index in [1.165, 1.54) is 6.07 Å². The van der Waals surface area contributed by atoms with Crippen LogP contribution in [0.5, 0.6) is 11.5 Å². The Bertz CT molecular complexity index is 1470. The lowest BCUT2D eigenvalue weighted by Gasteiger charge is -2.18. The normalized spacial score (nSPS) is 12.5. The number of nitrogens with one attached hydrogen (secondary N) is 1. The minimum atomic E-state index is -0.787. The van der Waals surface area contributed by atoms with E-state index in [-0.39, 0.29) is 41.8 Å². The number of methoxy groups -OCH3 is 2. The quantitative estimate of drug-likeness (QED) is 0.352. The number of hydrogen-bond acceptors (Lipinski definition) is 6. The second kappa shape index (κ2) is 9.85. The van der Waals surface area contributed by atoms with Gasteiger partial charge >= 0.3 is 0 Å². The maximum atomic E-state index is 14.6. The Balaban J connectivity index is 1.56. The van der Waals surface area contributed by atoms with Crippen LogP contribution >= 0.6 is 0 Å². The molecule has 0 unspecified atom stereocenters. The molecule has 37 heavy (non-hydrogen) atoms. The molecule has 1 aliphatic heterocycles. The number of nitrogens with zero attached hydrogens (tertiary/aromatic N) is 3. The van der Waals surface area contributed by atoms with Gasteiger partial charge in [0.15, 0.2) is 5.82 Å². The van der Waals surface area contributed by atoms with Gasteiger partial charge in [-0.15, -0.1) is 0 Å². The molecule has 0 spiro atoms. The number of anilines is 2. The molecule has 0 bridgehead atoms. The van der Waals surface area contributed by atoms with Gasteiger partial charge < -0.3 is 19.7 Å². The van der Waals surface area contributed by atoms with Crippen LogP contribution in [0.2, 0.25) is 0 Å². The molecule has 0 aliphatic carbocycles. The number of benzene rings is 3. The molecule has 1 N–H and O–H groups in total. The van der Waals surface area contributed by atoms with Crippen molar-refractivity contribution in [3.63, 3.8) is 0 Å². The lowest BCUT2D eigenvalue weighted by molar-refractivity contribution is 0.0766. The van der Waals surface area contributed by atoms with Crippen LogP contribution in [0.1, 0.15) is 27.2 Å². The van der Waals surface area contributed by atoms with Crippen molar-refractivity contribution < 1.29 is 23.0 Å². The molecular formula is C28H24F2N4O3. The van der Waals surface area contributed by atoms with Crippen molar-refractivity contribution in [1.29, 1.82) is 0 Å². The van der Waals surface area contributed by atoms with E-state index in [0.717, 1.165) is 23.3 Å². The lowest BCUT2D eigenvalue weighted by atomic mass is 10.1. The second-order valence-corrected chi connectivity index (χ2v) is 8.64. The van der Waals surface area contributed by atoms with Crippen LogP contribution in [0, 0.1) is 18.6 Å². The van der Waals surface area contributed by atoms with Gasteiger partial charge in [0.05, 0.1) is 38.6 Å². The third-order valence-electron chi connectivity index (χ3n) is 6.18. The smallest absolute Gasteiger partial charge is 0.260 e. The average Bonchev–Trinajstić information content (AvgIpc) is 3.20. The highest BCUT2D eigenvalue weighted by Gasteiger charge is 2.34. The number of fused-ring (bicyclic) bond motifs is 1. The molecule has 1 aromatic heterocycles. The Morgan fingerprint density at radius 3 is 2.35 bits per heavy atom. The van der Waals surface area contributed by atoms with Gasteiger partial charge in [-0.1, -0.05) is 23.8 Å². The predicted octanol–water partition coefficient (Wildman–Crippen LogP) is 5.65. The number of rotatable bonds is 7. The summed E-state index contributed by atoms with van der Waals surface area (Å²) in [5.41, 5.74) is 2.79. The minimum Gasteiger partial charge on any atom is -0.497 e. The number of amides is 1. The molecule has 0 fully saturated rings. The first-order valence-corrected chi connectivity index (χ1v) is 11.6. The number of aryl methyl sites for hydroxylation is 1. The summed E-state index contributed by atoms with van der Waals surface area (Å²) >= 11 is 0. The zero-order chi connectivity index (χ0) is 26.1. The van der Waals surface area contributed by atoms with E-state index in [4.69, 9.17) is 9.47 Å². The van der Waals surface area contributed by atoms with E-state index >= 15 is 0 Å². The molecule has 0 atom stereocenters. The average molecular weight is 503 g/mol. The molecule has 4 aromatic rings. The van der Waals surface area contributed by atoms with Crippen LogP contribution in [0.4, 0.5) is 20.3 Å². The molecule has 3 aromatic carbocycles. The van der Waals surface area contributed by atoms with Crippen molar-refractivity contribution in [3.8, 4) is 22.9 Å². The van der Waals surface area contributed by atoms with Gasteiger partial charge in [0, 0.05) is 17.3 Å². The maximum absolute atomic E-state index is 14.6. The summed E-state index contributed by atoms with van der Waals surface area (Å²) in [6.45, 7) is 2.33. The molecule has 0 radical (unpaired) electrons. The summed E-state index contributed by atoms with van der Waals surface area (Å²) in [5, 5.41) is 3.15. The van der Waals surface area contributed by atoms with Crippen LogP contribution in [-0.2, 0) is 13.1 Å².